The molecule has 0 aliphatic rings. The number of nitrogens with two attached hydrogens (primary N) is 1. The molecule has 0 spiro atoms. The summed E-state index contributed by atoms with van der Waals surface area (Å²) in [5, 5.41) is 9.86. The summed E-state index contributed by atoms with van der Waals surface area (Å²) in [6.07, 6.45) is -4.91. The van der Waals surface area contributed by atoms with Crippen LogP contribution in [0.25, 0.3) is 0 Å². The van der Waals surface area contributed by atoms with Crippen molar-refractivity contribution in [1.29, 1.82) is 0 Å². The van der Waals surface area contributed by atoms with Gasteiger partial charge in [-0.25, -0.2) is 0 Å². The number of aliphatic hydroxyl groups excluding tert-OH is 1. The highest BCUT2D eigenvalue weighted by molar-refractivity contribution is 5.85. The van der Waals surface area contributed by atoms with Crippen LogP contribution >= 0.6 is 12.4 Å². The molecule has 7 heteroatoms. The molecule has 0 saturated carbocycles. The second-order valence-corrected chi connectivity index (χ2v) is 4.84. The van der Waals surface area contributed by atoms with E-state index in [4.69, 9.17) is 5.73 Å². The van der Waals surface area contributed by atoms with Crippen molar-refractivity contribution in [3.8, 4) is 5.75 Å². The van der Waals surface area contributed by atoms with Gasteiger partial charge >= 0.3 is 6.36 Å². The fraction of sp³-hybridized carbons (Fsp3) is 0.538. The lowest BCUT2D eigenvalue weighted by molar-refractivity contribution is -0.274. The van der Waals surface area contributed by atoms with Crippen molar-refractivity contribution in [1.82, 2.24) is 0 Å². The van der Waals surface area contributed by atoms with Crippen LogP contribution in [-0.4, -0.2) is 17.6 Å². The van der Waals surface area contributed by atoms with E-state index >= 15 is 0 Å². The molecule has 0 saturated heterocycles. The number of aliphatic hydroxyl groups is 1. The normalized spacial score (nSPS) is 14.6. The number of benzene rings is 1. The maximum Gasteiger partial charge on any atom is 0.573 e. The summed E-state index contributed by atoms with van der Waals surface area (Å²) in [7, 11) is 0. The molecule has 0 fully saturated rings. The Morgan fingerprint density at radius 1 is 1.20 bits per heavy atom. The lowest BCUT2D eigenvalue weighted by Crippen LogP contribution is -2.27. The Kier molecular flexibility index (Phi) is 7.33. The molecule has 3 N–H and O–H groups in total. The Hall–Kier alpha value is -0.980. The number of hydrogen-bond donors (Lipinski definition) is 2. The minimum atomic E-state index is -4.71. The molecule has 2 atom stereocenters. The molecule has 116 valence electrons. The Bertz CT molecular complexity index is 396. The zero-order chi connectivity index (χ0) is 14.6. The van der Waals surface area contributed by atoms with E-state index in [9.17, 15) is 18.3 Å². The van der Waals surface area contributed by atoms with Gasteiger partial charge in [-0.3, -0.25) is 0 Å². The maximum absolute atomic E-state index is 12.0. The van der Waals surface area contributed by atoms with E-state index in [1.807, 2.05) is 13.8 Å². The average molecular weight is 314 g/mol. The second-order valence-electron chi connectivity index (χ2n) is 4.84. The minimum absolute atomic E-state index is 0. The molecule has 0 aliphatic carbocycles. The van der Waals surface area contributed by atoms with E-state index in [1.54, 1.807) is 0 Å². The largest absolute Gasteiger partial charge is 0.573 e. The summed E-state index contributed by atoms with van der Waals surface area (Å²) in [4.78, 5) is 0. The first kappa shape index (κ1) is 19.0. The number of rotatable bonds is 5. The Morgan fingerprint density at radius 3 is 2.10 bits per heavy atom. The highest BCUT2D eigenvalue weighted by Crippen LogP contribution is 2.25. The minimum Gasteiger partial charge on any atom is -0.406 e. The third-order valence-corrected chi connectivity index (χ3v) is 2.63. The Balaban J connectivity index is 0.00000361. The molecule has 0 bridgehead atoms. The first-order valence-corrected chi connectivity index (χ1v) is 5.98. The first-order valence-electron chi connectivity index (χ1n) is 5.98. The standard InChI is InChI=1S/C13H18F3NO2.ClH/c1-8(2)7-11(18)12(17)9-3-5-10(6-4-9)19-13(14,15)16;/h3-6,8,11-12,18H,7,17H2,1-2H3;1H/t11-,12+;/m0./s1. The molecule has 1 aromatic rings. The van der Waals surface area contributed by atoms with Gasteiger partial charge in [-0.05, 0) is 30.0 Å². The van der Waals surface area contributed by atoms with Gasteiger partial charge in [0.25, 0.3) is 0 Å². The van der Waals surface area contributed by atoms with Crippen LogP contribution in [0.2, 0.25) is 0 Å². The van der Waals surface area contributed by atoms with Crippen molar-refractivity contribution in [2.45, 2.75) is 38.8 Å². The van der Waals surface area contributed by atoms with Gasteiger partial charge in [-0.1, -0.05) is 26.0 Å². The molecular weight excluding hydrogens is 295 g/mol. The van der Waals surface area contributed by atoms with Crippen LogP contribution in [0.15, 0.2) is 24.3 Å². The molecule has 0 radical (unpaired) electrons. The smallest absolute Gasteiger partial charge is 0.406 e. The molecule has 20 heavy (non-hydrogen) atoms. The lowest BCUT2D eigenvalue weighted by atomic mass is 9.95. The fourth-order valence-electron chi connectivity index (χ4n) is 1.74. The topological polar surface area (TPSA) is 55.5 Å². The van der Waals surface area contributed by atoms with E-state index < -0.39 is 18.5 Å². The van der Waals surface area contributed by atoms with Crippen molar-refractivity contribution in [2.24, 2.45) is 11.7 Å². The number of ether oxygens (including phenoxy) is 1. The molecule has 1 aromatic carbocycles. The second kappa shape index (κ2) is 7.71. The summed E-state index contributed by atoms with van der Waals surface area (Å²) in [5.41, 5.74) is 6.42. The molecule has 0 heterocycles. The molecular formula is C13H19ClF3NO2. The quantitative estimate of drug-likeness (QED) is 0.876. The van der Waals surface area contributed by atoms with Crippen LogP contribution in [0.5, 0.6) is 5.75 Å². The third-order valence-electron chi connectivity index (χ3n) is 2.63. The zero-order valence-corrected chi connectivity index (χ0v) is 12.0. The Labute approximate surface area is 122 Å². The first-order chi connectivity index (χ1) is 8.69. The third kappa shape index (κ3) is 6.45. The van der Waals surface area contributed by atoms with Crippen molar-refractivity contribution < 1.29 is 23.0 Å². The van der Waals surface area contributed by atoms with Gasteiger partial charge in [0.1, 0.15) is 5.75 Å². The zero-order valence-electron chi connectivity index (χ0n) is 11.2. The number of hydrogen-bond acceptors (Lipinski definition) is 3. The molecule has 0 aromatic heterocycles. The SMILES string of the molecule is CC(C)C[C@H](O)[C@H](N)c1ccc(OC(F)(F)F)cc1.Cl. The maximum atomic E-state index is 12.0. The van der Waals surface area contributed by atoms with Crippen molar-refractivity contribution in [3.05, 3.63) is 29.8 Å². The molecule has 3 nitrogen and oxygen atoms in total. The highest BCUT2D eigenvalue weighted by Gasteiger charge is 2.31. The van der Waals surface area contributed by atoms with Crippen LogP contribution in [0, 0.1) is 5.92 Å². The van der Waals surface area contributed by atoms with Crippen molar-refractivity contribution in [3.63, 3.8) is 0 Å². The van der Waals surface area contributed by atoms with E-state index in [0.717, 1.165) is 0 Å². The van der Waals surface area contributed by atoms with Crippen LogP contribution in [0.1, 0.15) is 31.9 Å². The van der Waals surface area contributed by atoms with Crippen LogP contribution in [0.3, 0.4) is 0 Å². The van der Waals surface area contributed by atoms with Gasteiger partial charge in [-0.15, -0.1) is 25.6 Å². The molecule has 0 aliphatic heterocycles. The van der Waals surface area contributed by atoms with Crippen LogP contribution in [-0.2, 0) is 0 Å². The predicted octanol–water partition coefficient (Wildman–Crippen LogP) is 3.41. The van der Waals surface area contributed by atoms with Gasteiger partial charge in [0.05, 0.1) is 12.1 Å². The van der Waals surface area contributed by atoms with E-state index in [1.165, 1.54) is 24.3 Å². The van der Waals surface area contributed by atoms with Crippen LogP contribution < -0.4 is 10.5 Å². The summed E-state index contributed by atoms with van der Waals surface area (Å²) in [6.45, 7) is 3.91. The van der Waals surface area contributed by atoms with E-state index in [2.05, 4.69) is 4.74 Å². The van der Waals surface area contributed by atoms with Crippen LogP contribution in [0.4, 0.5) is 13.2 Å². The predicted molar refractivity (Wildman–Crippen MR) is 72.8 cm³/mol. The lowest BCUT2D eigenvalue weighted by Gasteiger charge is -2.21. The van der Waals surface area contributed by atoms with E-state index in [-0.39, 0.29) is 24.1 Å². The van der Waals surface area contributed by atoms with Gasteiger partial charge < -0.3 is 15.6 Å². The molecule has 0 amide bonds. The molecule has 1 rings (SSSR count). The summed E-state index contributed by atoms with van der Waals surface area (Å²) < 4.78 is 39.7. The molecule has 0 unspecified atom stereocenters. The number of halogens is 4. The average Bonchev–Trinajstić information content (AvgIpc) is 2.26. The highest BCUT2D eigenvalue weighted by atomic mass is 35.5. The van der Waals surface area contributed by atoms with Crippen molar-refractivity contribution >= 4 is 12.4 Å². The monoisotopic (exact) mass is 313 g/mol. The van der Waals surface area contributed by atoms with Crippen molar-refractivity contribution in [2.75, 3.05) is 0 Å². The van der Waals surface area contributed by atoms with Gasteiger partial charge in [0.2, 0.25) is 0 Å². The van der Waals surface area contributed by atoms with Gasteiger partial charge in [0.15, 0.2) is 0 Å². The Morgan fingerprint density at radius 2 is 1.70 bits per heavy atom. The van der Waals surface area contributed by atoms with Gasteiger partial charge in [0, 0.05) is 0 Å². The summed E-state index contributed by atoms with van der Waals surface area (Å²) >= 11 is 0. The summed E-state index contributed by atoms with van der Waals surface area (Å²) in [5.74, 6) is -0.0179. The summed E-state index contributed by atoms with van der Waals surface area (Å²) in [6, 6.07) is 4.60. The fourth-order valence-corrected chi connectivity index (χ4v) is 1.74. The number of alkyl halides is 3. The van der Waals surface area contributed by atoms with Gasteiger partial charge in [-0.2, -0.15) is 0 Å². The van der Waals surface area contributed by atoms with E-state index in [0.29, 0.717) is 12.0 Å².